The maximum absolute atomic E-state index is 12.2. The number of Topliss-reactive ketones (excluding diaryl/α,β-unsaturated/α-hetero) is 1. The highest BCUT2D eigenvalue weighted by molar-refractivity contribution is 6.06. The molecule has 0 bridgehead atoms. The largest absolute Gasteiger partial charge is 0.292 e. The van der Waals surface area contributed by atoms with E-state index in [-0.39, 0.29) is 18.2 Å². The van der Waals surface area contributed by atoms with Crippen molar-refractivity contribution in [1.29, 1.82) is 0 Å². The lowest BCUT2D eigenvalue weighted by molar-refractivity contribution is -0.129. The summed E-state index contributed by atoms with van der Waals surface area (Å²) in [6, 6.07) is 17.3. The van der Waals surface area contributed by atoms with E-state index in [1.807, 2.05) is 59.6 Å². The molecule has 0 N–H and O–H groups in total. The van der Waals surface area contributed by atoms with Gasteiger partial charge in [-0.2, -0.15) is 0 Å². The Kier molecular flexibility index (Phi) is 3.44. The van der Waals surface area contributed by atoms with E-state index < -0.39 is 0 Å². The lowest BCUT2D eigenvalue weighted by atomic mass is 10.0. The first-order valence-corrected chi connectivity index (χ1v) is 6.88. The van der Waals surface area contributed by atoms with E-state index in [4.69, 9.17) is 0 Å². The van der Waals surface area contributed by atoms with Gasteiger partial charge in [-0.15, -0.1) is 0 Å². The zero-order chi connectivity index (χ0) is 14.8. The van der Waals surface area contributed by atoms with Crippen LogP contribution in [-0.2, 0) is 11.3 Å². The Morgan fingerprint density at radius 2 is 1.71 bits per heavy atom. The molecular formula is C17H16N2O2. The minimum atomic E-state index is -0.131. The summed E-state index contributed by atoms with van der Waals surface area (Å²) in [5, 5.41) is 3.39. The van der Waals surface area contributed by atoms with Crippen LogP contribution in [0.5, 0.6) is 0 Å². The lowest BCUT2D eigenvalue weighted by Gasteiger charge is -2.40. The van der Waals surface area contributed by atoms with Gasteiger partial charge in [0.2, 0.25) is 5.91 Å². The van der Waals surface area contributed by atoms with Crippen LogP contribution in [0.15, 0.2) is 54.6 Å². The summed E-state index contributed by atoms with van der Waals surface area (Å²) in [6.45, 7) is 2.14. The van der Waals surface area contributed by atoms with E-state index in [0.717, 1.165) is 11.3 Å². The molecule has 2 aromatic rings. The summed E-state index contributed by atoms with van der Waals surface area (Å²) >= 11 is 0. The average molecular weight is 280 g/mol. The van der Waals surface area contributed by atoms with E-state index in [1.54, 1.807) is 0 Å². The Labute approximate surface area is 123 Å². The molecule has 4 heteroatoms. The number of amides is 1. The molecular weight excluding hydrogens is 264 g/mol. The van der Waals surface area contributed by atoms with Crippen LogP contribution in [0, 0.1) is 0 Å². The second-order valence-corrected chi connectivity index (χ2v) is 5.06. The number of carbonyl (C=O) groups excluding carboxylic acids is 2. The summed E-state index contributed by atoms with van der Waals surface area (Å²) < 4.78 is 0. The van der Waals surface area contributed by atoms with Crippen molar-refractivity contribution in [2.75, 3.05) is 11.6 Å². The van der Waals surface area contributed by atoms with Crippen LogP contribution in [0.4, 0.5) is 5.69 Å². The molecule has 1 aliphatic rings. The maximum Gasteiger partial charge on any atom is 0.238 e. The smallest absolute Gasteiger partial charge is 0.238 e. The Bertz CT molecular complexity index is 682. The van der Waals surface area contributed by atoms with Gasteiger partial charge in [-0.3, -0.25) is 14.6 Å². The fourth-order valence-corrected chi connectivity index (χ4v) is 2.58. The third-order valence-electron chi connectivity index (χ3n) is 3.61. The van der Waals surface area contributed by atoms with E-state index in [1.165, 1.54) is 11.9 Å². The number of hydrogen-bond acceptors (Lipinski definition) is 3. The molecule has 0 atom stereocenters. The molecule has 0 aromatic heterocycles. The highest BCUT2D eigenvalue weighted by Crippen LogP contribution is 2.29. The molecule has 0 radical (unpaired) electrons. The van der Waals surface area contributed by atoms with Crippen molar-refractivity contribution in [2.45, 2.75) is 13.5 Å². The molecule has 0 aliphatic carbocycles. The number of benzene rings is 2. The van der Waals surface area contributed by atoms with Gasteiger partial charge in [-0.25, -0.2) is 5.01 Å². The monoisotopic (exact) mass is 280 g/mol. The molecule has 0 saturated heterocycles. The van der Waals surface area contributed by atoms with Gasteiger partial charge >= 0.3 is 0 Å². The number of carbonyl (C=O) groups is 2. The predicted molar refractivity (Wildman–Crippen MR) is 80.8 cm³/mol. The highest BCUT2D eigenvalue weighted by Gasteiger charge is 2.30. The Hall–Kier alpha value is -2.62. The van der Waals surface area contributed by atoms with Gasteiger partial charge in [0.25, 0.3) is 0 Å². The number of rotatable bonds is 2. The topological polar surface area (TPSA) is 40.6 Å². The Morgan fingerprint density at radius 1 is 1.05 bits per heavy atom. The maximum atomic E-state index is 12.2. The van der Waals surface area contributed by atoms with E-state index in [9.17, 15) is 9.59 Å². The number of ketones is 1. The van der Waals surface area contributed by atoms with Gasteiger partial charge in [0.05, 0.1) is 12.2 Å². The third-order valence-corrected chi connectivity index (χ3v) is 3.61. The van der Waals surface area contributed by atoms with Crippen LogP contribution in [0.3, 0.4) is 0 Å². The molecule has 1 amide bonds. The van der Waals surface area contributed by atoms with Crippen molar-refractivity contribution >= 4 is 17.4 Å². The van der Waals surface area contributed by atoms with Crippen LogP contribution in [0.1, 0.15) is 22.8 Å². The average Bonchev–Trinajstić information content (AvgIpc) is 2.51. The molecule has 2 aromatic carbocycles. The van der Waals surface area contributed by atoms with Gasteiger partial charge < -0.3 is 0 Å². The highest BCUT2D eigenvalue weighted by atomic mass is 16.2. The molecule has 0 saturated carbocycles. The minimum Gasteiger partial charge on any atom is -0.292 e. The normalized spacial score (nSPS) is 14.0. The summed E-state index contributed by atoms with van der Waals surface area (Å²) in [4.78, 5) is 24.1. The fraction of sp³-hybridized carbons (Fsp3) is 0.176. The van der Waals surface area contributed by atoms with Crippen LogP contribution < -0.4 is 5.01 Å². The molecule has 1 aliphatic heterocycles. The van der Waals surface area contributed by atoms with Crippen molar-refractivity contribution in [3.63, 3.8) is 0 Å². The first-order valence-electron chi connectivity index (χ1n) is 6.88. The Morgan fingerprint density at radius 3 is 2.43 bits per heavy atom. The molecule has 4 nitrogen and oxygen atoms in total. The zero-order valence-electron chi connectivity index (χ0n) is 11.8. The van der Waals surface area contributed by atoms with Crippen molar-refractivity contribution in [3.8, 4) is 0 Å². The second-order valence-electron chi connectivity index (χ2n) is 5.06. The van der Waals surface area contributed by atoms with E-state index in [2.05, 4.69) is 0 Å². The Balaban J connectivity index is 2.03. The summed E-state index contributed by atoms with van der Waals surface area (Å²) in [6.07, 6.45) is 0. The third kappa shape index (κ3) is 2.52. The molecule has 0 unspecified atom stereocenters. The van der Waals surface area contributed by atoms with Crippen LogP contribution in [0.2, 0.25) is 0 Å². The minimum absolute atomic E-state index is 0.0230. The van der Waals surface area contributed by atoms with Gasteiger partial charge in [0, 0.05) is 12.5 Å². The standard InChI is InChI=1S/C17H16N2O2/c1-13(20)18-12-17(21)15-9-5-6-10-16(15)19(18)11-14-7-3-2-4-8-14/h2-10H,11-12H2,1H3. The van der Waals surface area contributed by atoms with Crippen molar-refractivity contribution in [3.05, 3.63) is 65.7 Å². The van der Waals surface area contributed by atoms with Crippen LogP contribution in [-0.4, -0.2) is 23.2 Å². The predicted octanol–water partition coefficient (Wildman–Crippen LogP) is 2.65. The lowest BCUT2D eigenvalue weighted by Crippen LogP contribution is -2.51. The van der Waals surface area contributed by atoms with Crippen molar-refractivity contribution < 1.29 is 9.59 Å². The zero-order valence-corrected chi connectivity index (χ0v) is 11.8. The van der Waals surface area contributed by atoms with Crippen LogP contribution in [0.25, 0.3) is 0 Å². The van der Waals surface area contributed by atoms with Gasteiger partial charge in [-0.1, -0.05) is 42.5 Å². The molecule has 3 rings (SSSR count). The number of hydrogen-bond donors (Lipinski definition) is 0. The second kappa shape index (κ2) is 5.40. The molecule has 0 spiro atoms. The van der Waals surface area contributed by atoms with E-state index >= 15 is 0 Å². The number of anilines is 1. The number of nitrogens with zero attached hydrogens (tertiary/aromatic N) is 2. The number of para-hydroxylation sites is 1. The summed E-state index contributed by atoms with van der Waals surface area (Å²) in [5.74, 6) is -0.154. The van der Waals surface area contributed by atoms with Crippen molar-refractivity contribution in [1.82, 2.24) is 5.01 Å². The molecule has 106 valence electrons. The molecule has 0 fully saturated rings. The molecule has 1 heterocycles. The van der Waals surface area contributed by atoms with Gasteiger partial charge in [-0.05, 0) is 17.7 Å². The molecule has 21 heavy (non-hydrogen) atoms. The quantitative estimate of drug-likeness (QED) is 0.849. The van der Waals surface area contributed by atoms with Crippen molar-refractivity contribution in [2.24, 2.45) is 0 Å². The number of fused-ring (bicyclic) bond motifs is 1. The summed E-state index contributed by atoms with van der Waals surface area (Å²) in [5.41, 5.74) is 2.55. The van der Waals surface area contributed by atoms with Gasteiger partial charge in [0.1, 0.15) is 6.54 Å². The first-order chi connectivity index (χ1) is 10.2. The first kappa shape index (κ1) is 13.4. The van der Waals surface area contributed by atoms with Gasteiger partial charge in [0.15, 0.2) is 5.78 Å². The van der Waals surface area contributed by atoms with Crippen LogP contribution >= 0.6 is 0 Å². The number of hydrazine groups is 1. The van der Waals surface area contributed by atoms with E-state index in [0.29, 0.717) is 12.1 Å². The summed E-state index contributed by atoms with van der Waals surface area (Å²) in [7, 11) is 0. The SMILES string of the molecule is CC(=O)N1CC(=O)c2ccccc2N1Cc1ccccc1. The fourth-order valence-electron chi connectivity index (χ4n) is 2.58.